The average Bonchev–Trinajstić information content (AvgIpc) is 2.51. The van der Waals surface area contributed by atoms with Crippen LogP contribution in [0.25, 0.3) is 0 Å². The number of carbonyl (C=O) groups excluding carboxylic acids is 2. The van der Waals surface area contributed by atoms with Crippen molar-refractivity contribution in [2.45, 2.75) is 26.1 Å². The van der Waals surface area contributed by atoms with Gasteiger partial charge in [-0.1, -0.05) is 25.4 Å². The summed E-state index contributed by atoms with van der Waals surface area (Å²) in [6.07, 6.45) is -4.49. The highest BCUT2D eigenvalue weighted by Crippen LogP contribution is 2.34. The van der Waals surface area contributed by atoms with Crippen LogP contribution >= 0.6 is 11.6 Å². The molecule has 1 aliphatic heterocycles. The number of benzene rings is 1. The molecule has 0 saturated carbocycles. The SMILES string of the molecule is CC(C)[C@@H](Nc1ccc(C(F)(F)F)cc1Cl)C(=O)N1CCNC(=O)C1. The molecule has 1 saturated heterocycles. The first-order valence-corrected chi connectivity index (χ1v) is 8.16. The van der Waals surface area contributed by atoms with Crippen LogP contribution in [-0.2, 0) is 15.8 Å². The van der Waals surface area contributed by atoms with Gasteiger partial charge in [-0.2, -0.15) is 13.2 Å². The van der Waals surface area contributed by atoms with Crippen LogP contribution < -0.4 is 10.6 Å². The predicted octanol–water partition coefficient (Wildman–Crippen LogP) is 2.75. The molecule has 9 heteroatoms. The van der Waals surface area contributed by atoms with E-state index in [1.165, 1.54) is 11.0 Å². The number of nitrogens with one attached hydrogen (secondary N) is 2. The molecular weight excluding hydrogens is 359 g/mol. The third-order valence-corrected chi connectivity index (χ3v) is 4.20. The number of nitrogens with zero attached hydrogens (tertiary/aromatic N) is 1. The molecule has 1 fully saturated rings. The molecule has 1 heterocycles. The van der Waals surface area contributed by atoms with Gasteiger partial charge in [-0.15, -0.1) is 0 Å². The van der Waals surface area contributed by atoms with E-state index in [0.29, 0.717) is 13.1 Å². The van der Waals surface area contributed by atoms with Gasteiger partial charge in [-0.3, -0.25) is 9.59 Å². The molecular formula is C16H19ClF3N3O2. The first-order valence-electron chi connectivity index (χ1n) is 7.78. The molecule has 1 aromatic rings. The van der Waals surface area contributed by atoms with Crippen LogP contribution in [0, 0.1) is 5.92 Å². The summed E-state index contributed by atoms with van der Waals surface area (Å²) in [6.45, 7) is 4.33. The van der Waals surface area contributed by atoms with Gasteiger partial charge in [0.15, 0.2) is 0 Å². The average molecular weight is 378 g/mol. The van der Waals surface area contributed by atoms with Gasteiger partial charge in [-0.05, 0) is 24.1 Å². The number of alkyl halides is 3. The van der Waals surface area contributed by atoms with Crippen molar-refractivity contribution in [2.75, 3.05) is 25.0 Å². The number of rotatable bonds is 4. The highest BCUT2D eigenvalue weighted by molar-refractivity contribution is 6.33. The summed E-state index contributed by atoms with van der Waals surface area (Å²) in [4.78, 5) is 25.6. The van der Waals surface area contributed by atoms with Crippen LogP contribution in [0.3, 0.4) is 0 Å². The maximum Gasteiger partial charge on any atom is 0.416 e. The van der Waals surface area contributed by atoms with Crippen molar-refractivity contribution in [2.24, 2.45) is 5.92 Å². The van der Waals surface area contributed by atoms with Crippen LogP contribution in [0.4, 0.5) is 18.9 Å². The maximum absolute atomic E-state index is 12.7. The highest BCUT2D eigenvalue weighted by atomic mass is 35.5. The van der Waals surface area contributed by atoms with Crippen molar-refractivity contribution in [1.82, 2.24) is 10.2 Å². The number of amides is 2. The molecule has 2 rings (SSSR count). The highest BCUT2D eigenvalue weighted by Gasteiger charge is 2.33. The molecule has 0 aliphatic carbocycles. The molecule has 1 aliphatic rings. The van der Waals surface area contributed by atoms with E-state index in [2.05, 4.69) is 10.6 Å². The van der Waals surface area contributed by atoms with Crippen molar-refractivity contribution in [3.05, 3.63) is 28.8 Å². The first-order chi connectivity index (χ1) is 11.6. The Morgan fingerprint density at radius 2 is 2.04 bits per heavy atom. The Balaban J connectivity index is 2.19. The lowest BCUT2D eigenvalue weighted by Gasteiger charge is -2.32. The fourth-order valence-corrected chi connectivity index (χ4v) is 2.75. The number of piperazine rings is 1. The third kappa shape index (κ3) is 4.78. The monoisotopic (exact) mass is 377 g/mol. The molecule has 2 N–H and O–H groups in total. The zero-order valence-electron chi connectivity index (χ0n) is 13.8. The molecule has 1 aromatic carbocycles. The lowest BCUT2D eigenvalue weighted by Crippen LogP contribution is -2.54. The quantitative estimate of drug-likeness (QED) is 0.848. The van der Waals surface area contributed by atoms with E-state index in [4.69, 9.17) is 11.6 Å². The van der Waals surface area contributed by atoms with Gasteiger partial charge in [-0.25, -0.2) is 0 Å². The molecule has 0 aromatic heterocycles. The summed E-state index contributed by atoms with van der Waals surface area (Å²) in [5.41, 5.74) is -0.619. The van der Waals surface area contributed by atoms with E-state index >= 15 is 0 Å². The van der Waals surface area contributed by atoms with Crippen molar-refractivity contribution in [3.63, 3.8) is 0 Å². The summed E-state index contributed by atoms with van der Waals surface area (Å²) in [5.74, 6) is -0.689. The van der Waals surface area contributed by atoms with Crippen LogP contribution in [0.5, 0.6) is 0 Å². The molecule has 2 amide bonds. The summed E-state index contributed by atoms with van der Waals surface area (Å²) >= 11 is 5.95. The van der Waals surface area contributed by atoms with Gasteiger partial charge in [0.25, 0.3) is 0 Å². The van der Waals surface area contributed by atoms with Gasteiger partial charge in [0.1, 0.15) is 6.04 Å². The Kier molecular flexibility index (Phi) is 5.82. The second-order valence-electron chi connectivity index (χ2n) is 6.17. The minimum Gasteiger partial charge on any atom is -0.372 e. The molecule has 5 nitrogen and oxygen atoms in total. The molecule has 0 spiro atoms. The van der Waals surface area contributed by atoms with E-state index in [0.717, 1.165) is 12.1 Å². The minimum atomic E-state index is -4.49. The second-order valence-corrected chi connectivity index (χ2v) is 6.58. The van der Waals surface area contributed by atoms with Gasteiger partial charge in [0.2, 0.25) is 11.8 Å². The van der Waals surface area contributed by atoms with Crippen molar-refractivity contribution in [1.29, 1.82) is 0 Å². The molecule has 25 heavy (non-hydrogen) atoms. The van der Waals surface area contributed by atoms with Crippen LogP contribution in [0.2, 0.25) is 5.02 Å². The topological polar surface area (TPSA) is 61.4 Å². The van der Waals surface area contributed by atoms with E-state index in [1.807, 2.05) is 0 Å². The third-order valence-electron chi connectivity index (χ3n) is 3.89. The Bertz CT molecular complexity index is 665. The lowest BCUT2D eigenvalue weighted by atomic mass is 10.0. The fraction of sp³-hybridized carbons (Fsp3) is 0.500. The van der Waals surface area contributed by atoms with E-state index in [9.17, 15) is 22.8 Å². The number of hydrogen-bond donors (Lipinski definition) is 2. The fourth-order valence-electron chi connectivity index (χ4n) is 2.51. The number of carbonyl (C=O) groups is 2. The van der Waals surface area contributed by atoms with Crippen LogP contribution in [-0.4, -0.2) is 42.4 Å². The van der Waals surface area contributed by atoms with Crippen molar-refractivity contribution in [3.8, 4) is 0 Å². The van der Waals surface area contributed by atoms with Gasteiger partial charge in [0, 0.05) is 13.1 Å². The van der Waals surface area contributed by atoms with Gasteiger partial charge in [0.05, 0.1) is 22.8 Å². The summed E-state index contributed by atoms with van der Waals surface area (Å²) in [6, 6.07) is 2.22. The standard InChI is InChI=1S/C16H19ClF3N3O2/c1-9(2)14(15(25)23-6-5-21-13(24)8-23)22-12-4-3-10(7-11(12)17)16(18,19)20/h3-4,7,9,14,22H,5-6,8H2,1-2H3,(H,21,24)/t14-/m1/s1. The zero-order chi connectivity index (χ0) is 18.8. The second kappa shape index (κ2) is 7.51. The van der Waals surface area contributed by atoms with Crippen molar-refractivity contribution >= 4 is 29.1 Å². The molecule has 0 unspecified atom stereocenters. The smallest absolute Gasteiger partial charge is 0.372 e. The van der Waals surface area contributed by atoms with Gasteiger partial charge >= 0.3 is 6.18 Å². The Labute approximate surface area is 148 Å². The summed E-state index contributed by atoms with van der Waals surface area (Å²) < 4.78 is 38.2. The first kappa shape index (κ1) is 19.4. The van der Waals surface area contributed by atoms with E-state index in [1.54, 1.807) is 13.8 Å². The molecule has 0 radical (unpaired) electrons. The van der Waals surface area contributed by atoms with Gasteiger partial charge < -0.3 is 15.5 Å². The lowest BCUT2D eigenvalue weighted by molar-refractivity contribution is -0.139. The molecule has 0 bridgehead atoms. The van der Waals surface area contributed by atoms with E-state index < -0.39 is 17.8 Å². The number of anilines is 1. The number of hydrogen-bond acceptors (Lipinski definition) is 3. The normalized spacial score (nSPS) is 16.6. The maximum atomic E-state index is 12.7. The van der Waals surface area contributed by atoms with Crippen LogP contribution in [0.15, 0.2) is 18.2 Å². The van der Waals surface area contributed by atoms with Crippen LogP contribution in [0.1, 0.15) is 19.4 Å². The largest absolute Gasteiger partial charge is 0.416 e. The molecule has 138 valence electrons. The van der Waals surface area contributed by atoms with E-state index in [-0.39, 0.29) is 35.0 Å². The predicted molar refractivity (Wildman–Crippen MR) is 88.3 cm³/mol. The summed E-state index contributed by atoms with van der Waals surface area (Å²) in [5, 5.41) is 5.43. The zero-order valence-corrected chi connectivity index (χ0v) is 14.5. The molecule has 1 atom stereocenters. The van der Waals surface area contributed by atoms with Crippen molar-refractivity contribution < 1.29 is 22.8 Å². The summed E-state index contributed by atoms with van der Waals surface area (Å²) in [7, 11) is 0. The minimum absolute atomic E-state index is 0.0372. The number of halogens is 4. The Morgan fingerprint density at radius 3 is 2.56 bits per heavy atom. The Morgan fingerprint density at radius 1 is 1.36 bits per heavy atom. The Hall–Kier alpha value is -1.96.